The fourth-order valence-electron chi connectivity index (χ4n) is 4.07. The molecule has 2 heterocycles. The van der Waals surface area contributed by atoms with E-state index in [4.69, 9.17) is 4.74 Å². The van der Waals surface area contributed by atoms with Gasteiger partial charge in [0.05, 0.1) is 12.3 Å². The first-order valence-corrected chi connectivity index (χ1v) is 10.7. The van der Waals surface area contributed by atoms with Crippen molar-refractivity contribution in [1.29, 1.82) is 0 Å². The van der Waals surface area contributed by atoms with Gasteiger partial charge in [-0.3, -0.25) is 4.90 Å². The number of fused-ring (bicyclic) bond motifs is 1. The molecule has 1 N–H and O–H groups in total. The highest BCUT2D eigenvalue weighted by Crippen LogP contribution is 2.47. The second-order valence-corrected chi connectivity index (χ2v) is 8.84. The molecule has 4 nitrogen and oxygen atoms in total. The summed E-state index contributed by atoms with van der Waals surface area (Å²) < 4.78 is 5.23. The molecule has 2 aromatic rings. The van der Waals surface area contributed by atoms with E-state index in [1.54, 1.807) is 29.2 Å². The quantitative estimate of drug-likeness (QED) is 0.685. The molecule has 2 aliphatic rings. The molecule has 0 bridgehead atoms. The van der Waals surface area contributed by atoms with Crippen LogP contribution in [0.15, 0.2) is 53.9 Å². The molecule has 0 fully saturated rings. The van der Waals surface area contributed by atoms with E-state index in [2.05, 4.69) is 37.4 Å². The molecule has 0 radical (unpaired) electrons. The summed E-state index contributed by atoms with van der Waals surface area (Å²) in [7, 11) is 0. The SMILES string of the molecule is CCOC(=O)N1CC=CC=C1c1cc(O)c2c(c1)C(c1cccs1)=CCC2(C)C. The summed E-state index contributed by atoms with van der Waals surface area (Å²) in [6, 6.07) is 8.02. The summed E-state index contributed by atoms with van der Waals surface area (Å²) in [5.41, 5.74) is 4.50. The van der Waals surface area contributed by atoms with Crippen molar-refractivity contribution in [2.45, 2.75) is 32.6 Å². The number of rotatable bonds is 3. The zero-order chi connectivity index (χ0) is 20.6. The maximum Gasteiger partial charge on any atom is 0.414 e. The van der Waals surface area contributed by atoms with E-state index in [1.165, 1.54) is 4.88 Å². The van der Waals surface area contributed by atoms with Crippen molar-refractivity contribution >= 4 is 28.7 Å². The molecule has 0 spiro atoms. The minimum atomic E-state index is -0.380. The Balaban J connectivity index is 1.86. The van der Waals surface area contributed by atoms with E-state index in [-0.39, 0.29) is 17.3 Å². The summed E-state index contributed by atoms with van der Waals surface area (Å²) in [5.74, 6) is 0.268. The van der Waals surface area contributed by atoms with Crippen LogP contribution in [0.25, 0.3) is 11.3 Å². The number of nitrogens with zero attached hydrogens (tertiary/aromatic N) is 1. The number of phenols is 1. The lowest BCUT2D eigenvalue weighted by Gasteiger charge is -2.34. The number of aromatic hydroxyl groups is 1. The average Bonchev–Trinajstić information content (AvgIpc) is 3.22. The number of phenolic OH excluding ortho intramolecular Hbond substituents is 1. The lowest BCUT2D eigenvalue weighted by molar-refractivity contribution is 0.128. The molecule has 150 valence electrons. The number of hydrogen-bond donors (Lipinski definition) is 1. The maximum absolute atomic E-state index is 12.5. The Morgan fingerprint density at radius 3 is 2.90 bits per heavy atom. The molecule has 1 aromatic heterocycles. The molecular formula is C24H25NO3S. The first-order chi connectivity index (χ1) is 13.9. The first kappa shape index (κ1) is 19.5. The predicted molar refractivity (Wildman–Crippen MR) is 118 cm³/mol. The normalized spacial score (nSPS) is 17.4. The van der Waals surface area contributed by atoms with Gasteiger partial charge in [0.1, 0.15) is 5.75 Å². The number of carbonyl (C=O) groups excluding carboxylic acids is 1. The third kappa shape index (κ3) is 3.51. The number of thiophene rings is 1. The lowest BCUT2D eigenvalue weighted by atomic mass is 9.72. The van der Waals surface area contributed by atoms with Crippen molar-refractivity contribution in [2.75, 3.05) is 13.2 Å². The van der Waals surface area contributed by atoms with Gasteiger partial charge in [-0.25, -0.2) is 4.79 Å². The van der Waals surface area contributed by atoms with E-state index in [0.29, 0.717) is 13.2 Å². The highest BCUT2D eigenvalue weighted by Gasteiger charge is 2.33. The largest absolute Gasteiger partial charge is 0.508 e. The summed E-state index contributed by atoms with van der Waals surface area (Å²) in [5, 5.41) is 13.1. The van der Waals surface area contributed by atoms with Gasteiger partial charge in [0.15, 0.2) is 0 Å². The van der Waals surface area contributed by atoms with Crippen molar-refractivity contribution < 1.29 is 14.6 Å². The monoisotopic (exact) mass is 407 g/mol. The number of amides is 1. The number of allylic oxidation sites excluding steroid dienone is 3. The van der Waals surface area contributed by atoms with E-state index in [1.807, 2.05) is 24.3 Å². The number of ether oxygens (including phenoxy) is 1. The summed E-state index contributed by atoms with van der Waals surface area (Å²) in [6.45, 7) is 6.87. The minimum absolute atomic E-state index is 0.166. The molecule has 0 saturated heterocycles. The van der Waals surface area contributed by atoms with Gasteiger partial charge in [-0.1, -0.05) is 38.1 Å². The molecule has 0 saturated carbocycles. The summed E-state index contributed by atoms with van der Waals surface area (Å²) in [4.78, 5) is 15.2. The van der Waals surface area contributed by atoms with Crippen molar-refractivity contribution in [3.63, 3.8) is 0 Å². The van der Waals surface area contributed by atoms with Crippen LogP contribution in [-0.4, -0.2) is 29.3 Å². The Morgan fingerprint density at radius 1 is 1.34 bits per heavy atom. The molecule has 1 aliphatic carbocycles. The van der Waals surface area contributed by atoms with Gasteiger partial charge in [0.25, 0.3) is 0 Å². The van der Waals surface area contributed by atoms with Crippen molar-refractivity contribution in [1.82, 2.24) is 4.90 Å². The average molecular weight is 408 g/mol. The fraction of sp³-hybridized carbons (Fsp3) is 0.292. The maximum atomic E-state index is 12.5. The molecular weight excluding hydrogens is 382 g/mol. The Bertz CT molecular complexity index is 1030. The van der Waals surface area contributed by atoms with Gasteiger partial charge in [-0.2, -0.15) is 0 Å². The number of hydrogen-bond acceptors (Lipinski definition) is 4. The van der Waals surface area contributed by atoms with E-state index in [0.717, 1.165) is 34.4 Å². The topological polar surface area (TPSA) is 49.8 Å². The van der Waals surface area contributed by atoms with Crippen LogP contribution in [0.1, 0.15) is 48.8 Å². The molecule has 1 amide bonds. The molecule has 4 rings (SSSR count). The Labute approximate surface area is 175 Å². The highest BCUT2D eigenvalue weighted by molar-refractivity contribution is 7.11. The second kappa shape index (κ2) is 7.56. The molecule has 1 aromatic carbocycles. The Morgan fingerprint density at radius 2 is 2.17 bits per heavy atom. The third-order valence-electron chi connectivity index (χ3n) is 5.44. The Kier molecular flexibility index (Phi) is 5.09. The zero-order valence-corrected chi connectivity index (χ0v) is 17.8. The lowest BCUT2D eigenvalue weighted by Crippen LogP contribution is -2.32. The van der Waals surface area contributed by atoms with Crippen LogP contribution < -0.4 is 0 Å². The van der Waals surface area contributed by atoms with Gasteiger partial charge >= 0.3 is 6.09 Å². The molecule has 0 unspecified atom stereocenters. The van der Waals surface area contributed by atoms with Crippen LogP contribution in [-0.2, 0) is 10.2 Å². The number of benzene rings is 1. The van der Waals surface area contributed by atoms with Gasteiger partial charge in [0.2, 0.25) is 0 Å². The van der Waals surface area contributed by atoms with Gasteiger partial charge in [-0.15, -0.1) is 11.3 Å². The van der Waals surface area contributed by atoms with E-state index >= 15 is 0 Å². The standard InChI is InChI=1S/C24H25NO3S/c1-4-28-23(27)25-12-6-5-8-19(25)16-14-18-17(21-9-7-13-29-21)10-11-24(2,3)22(18)20(26)15-16/h5-10,13-15,26H,4,11-12H2,1-3H3. The fourth-order valence-corrected chi connectivity index (χ4v) is 4.85. The molecule has 0 atom stereocenters. The van der Waals surface area contributed by atoms with E-state index in [9.17, 15) is 9.90 Å². The molecule has 5 heteroatoms. The third-order valence-corrected chi connectivity index (χ3v) is 6.34. The second-order valence-electron chi connectivity index (χ2n) is 7.89. The van der Waals surface area contributed by atoms with Gasteiger partial charge in [-0.05, 0) is 59.6 Å². The van der Waals surface area contributed by atoms with Crippen LogP contribution in [0.2, 0.25) is 0 Å². The van der Waals surface area contributed by atoms with Crippen LogP contribution in [0, 0.1) is 0 Å². The molecule has 1 aliphatic heterocycles. The summed E-state index contributed by atoms with van der Waals surface area (Å²) >= 11 is 1.69. The van der Waals surface area contributed by atoms with Crippen LogP contribution in [0.3, 0.4) is 0 Å². The van der Waals surface area contributed by atoms with E-state index < -0.39 is 0 Å². The minimum Gasteiger partial charge on any atom is -0.508 e. The highest BCUT2D eigenvalue weighted by atomic mass is 32.1. The van der Waals surface area contributed by atoms with Crippen LogP contribution in [0.5, 0.6) is 5.75 Å². The Hall–Kier alpha value is -2.79. The summed E-state index contributed by atoms with van der Waals surface area (Å²) in [6.07, 6.45) is 8.48. The van der Waals surface area contributed by atoms with Gasteiger partial charge < -0.3 is 9.84 Å². The van der Waals surface area contributed by atoms with Gasteiger partial charge in [0, 0.05) is 22.5 Å². The van der Waals surface area contributed by atoms with Crippen molar-refractivity contribution in [3.8, 4) is 5.75 Å². The van der Waals surface area contributed by atoms with Crippen LogP contribution >= 0.6 is 11.3 Å². The predicted octanol–water partition coefficient (Wildman–Crippen LogP) is 5.94. The molecule has 29 heavy (non-hydrogen) atoms. The zero-order valence-electron chi connectivity index (χ0n) is 16.9. The van der Waals surface area contributed by atoms with Crippen molar-refractivity contribution in [2.24, 2.45) is 0 Å². The van der Waals surface area contributed by atoms with Crippen molar-refractivity contribution in [3.05, 3.63) is 75.5 Å². The van der Waals surface area contributed by atoms with Crippen LogP contribution in [0.4, 0.5) is 4.79 Å². The first-order valence-electron chi connectivity index (χ1n) is 9.86. The smallest absolute Gasteiger partial charge is 0.414 e. The number of carbonyl (C=O) groups is 1.